The molecular formula is C23H27N5O. The summed E-state index contributed by atoms with van der Waals surface area (Å²) in [5.74, 6) is 2.35. The van der Waals surface area contributed by atoms with Gasteiger partial charge in [0.15, 0.2) is 0 Å². The van der Waals surface area contributed by atoms with Gasteiger partial charge in [-0.2, -0.15) is 9.97 Å². The molecule has 2 aromatic carbocycles. The Balaban J connectivity index is 1.69. The minimum atomic E-state index is 0.0922. The van der Waals surface area contributed by atoms with Crippen LogP contribution in [-0.4, -0.2) is 43.8 Å². The summed E-state index contributed by atoms with van der Waals surface area (Å²) >= 11 is 0. The molecule has 29 heavy (non-hydrogen) atoms. The van der Waals surface area contributed by atoms with Crippen molar-refractivity contribution in [2.75, 3.05) is 49.0 Å². The van der Waals surface area contributed by atoms with E-state index in [0.717, 1.165) is 23.9 Å². The molecule has 3 aromatic rings. The lowest BCUT2D eigenvalue weighted by Gasteiger charge is -2.36. The number of morpholine rings is 1. The molecule has 1 aliphatic heterocycles. The van der Waals surface area contributed by atoms with E-state index in [1.54, 1.807) is 0 Å². The highest BCUT2D eigenvalue weighted by atomic mass is 16.5. The molecule has 1 atom stereocenters. The summed E-state index contributed by atoms with van der Waals surface area (Å²) < 4.78 is 5.78. The zero-order valence-corrected chi connectivity index (χ0v) is 17.2. The van der Waals surface area contributed by atoms with Crippen LogP contribution in [0.25, 0.3) is 0 Å². The standard InChI is InChI=1S/C23H27N5O/c1-17-9-11-19(12-10-17)24-21-15-22(27(2)3)26-23(25-21)28-13-14-29-16-20(28)18-7-5-4-6-8-18/h4-12,15,20H,13-14,16H2,1-3H3,(H,24,25,26). The SMILES string of the molecule is Cc1ccc(Nc2cc(N(C)C)nc(N3CCOCC3c3ccccc3)n2)cc1. The minimum Gasteiger partial charge on any atom is -0.377 e. The second-order valence-corrected chi connectivity index (χ2v) is 7.49. The highest BCUT2D eigenvalue weighted by Gasteiger charge is 2.27. The third-order valence-electron chi connectivity index (χ3n) is 5.05. The minimum absolute atomic E-state index is 0.0922. The molecular weight excluding hydrogens is 362 g/mol. The van der Waals surface area contributed by atoms with Crippen molar-refractivity contribution in [3.8, 4) is 0 Å². The molecule has 150 valence electrons. The van der Waals surface area contributed by atoms with Gasteiger partial charge in [0.1, 0.15) is 11.6 Å². The van der Waals surface area contributed by atoms with Crippen molar-refractivity contribution in [2.45, 2.75) is 13.0 Å². The lowest BCUT2D eigenvalue weighted by Crippen LogP contribution is -2.40. The normalized spacial score (nSPS) is 16.5. The highest BCUT2D eigenvalue weighted by molar-refractivity contribution is 5.62. The molecule has 4 rings (SSSR count). The van der Waals surface area contributed by atoms with Crippen molar-refractivity contribution in [1.29, 1.82) is 0 Å². The summed E-state index contributed by atoms with van der Waals surface area (Å²) in [5, 5.41) is 3.42. The molecule has 0 spiro atoms. The van der Waals surface area contributed by atoms with Crippen LogP contribution in [0.1, 0.15) is 17.2 Å². The van der Waals surface area contributed by atoms with Crippen LogP contribution in [0.4, 0.5) is 23.3 Å². The maximum absolute atomic E-state index is 5.78. The Morgan fingerprint density at radius 2 is 1.79 bits per heavy atom. The predicted octanol–water partition coefficient (Wildman–Crippen LogP) is 4.17. The van der Waals surface area contributed by atoms with E-state index < -0.39 is 0 Å². The summed E-state index contributed by atoms with van der Waals surface area (Å²) in [6.07, 6.45) is 0. The predicted molar refractivity (Wildman–Crippen MR) is 118 cm³/mol. The fraction of sp³-hybridized carbons (Fsp3) is 0.304. The first-order valence-corrected chi connectivity index (χ1v) is 9.89. The van der Waals surface area contributed by atoms with Crippen LogP contribution in [0.15, 0.2) is 60.7 Å². The largest absolute Gasteiger partial charge is 0.377 e. The Labute approximate surface area is 172 Å². The lowest BCUT2D eigenvalue weighted by atomic mass is 10.1. The number of hydrogen-bond acceptors (Lipinski definition) is 6. The quantitative estimate of drug-likeness (QED) is 0.707. The third kappa shape index (κ3) is 4.49. The van der Waals surface area contributed by atoms with Crippen LogP contribution >= 0.6 is 0 Å². The Morgan fingerprint density at radius 1 is 1.03 bits per heavy atom. The van der Waals surface area contributed by atoms with E-state index in [0.29, 0.717) is 19.2 Å². The van der Waals surface area contributed by atoms with Crippen LogP contribution in [-0.2, 0) is 4.74 Å². The number of rotatable bonds is 5. The number of ether oxygens (including phenoxy) is 1. The Hall–Kier alpha value is -3.12. The molecule has 1 aromatic heterocycles. The molecule has 1 N–H and O–H groups in total. The van der Waals surface area contributed by atoms with Gasteiger partial charge in [-0.05, 0) is 24.6 Å². The van der Waals surface area contributed by atoms with Crippen LogP contribution in [0.3, 0.4) is 0 Å². The number of benzene rings is 2. The summed E-state index contributed by atoms with van der Waals surface area (Å²) in [5.41, 5.74) is 3.44. The first-order chi connectivity index (χ1) is 14.1. The number of anilines is 4. The summed E-state index contributed by atoms with van der Waals surface area (Å²) in [6, 6.07) is 20.8. The second-order valence-electron chi connectivity index (χ2n) is 7.49. The van der Waals surface area contributed by atoms with Gasteiger partial charge in [0.25, 0.3) is 0 Å². The van der Waals surface area contributed by atoms with Crippen LogP contribution in [0.2, 0.25) is 0 Å². The molecule has 0 radical (unpaired) electrons. The van der Waals surface area contributed by atoms with Crippen LogP contribution < -0.4 is 15.1 Å². The summed E-state index contributed by atoms with van der Waals surface area (Å²) in [7, 11) is 3.99. The first kappa shape index (κ1) is 19.2. The van der Waals surface area contributed by atoms with Gasteiger partial charge in [-0.3, -0.25) is 0 Å². The second kappa shape index (κ2) is 8.49. The smallest absolute Gasteiger partial charge is 0.229 e. The average molecular weight is 390 g/mol. The Morgan fingerprint density at radius 3 is 2.52 bits per heavy atom. The molecule has 0 bridgehead atoms. The zero-order valence-electron chi connectivity index (χ0n) is 17.2. The number of aromatic nitrogens is 2. The molecule has 6 nitrogen and oxygen atoms in total. The highest BCUT2D eigenvalue weighted by Crippen LogP contribution is 2.30. The number of nitrogens with zero attached hydrogens (tertiary/aromatic N) is 4. The van der Waals surface area contributed by atoms with Crippen molar-refractivity contribution in [2.24, 2.45) is 0 Å². The van der Waals surface area contributed by atoms with Crippen LogP contribution in [0, 0.1) is 6.92 Å². The van der Waals surface area contributed by atoms with Crippen molar-refractivity contribution in [3.05, 3.63) is 71.8 Å². The van der Waals surface area contributed by atoms with E-state index in [4.69, 9.17) is 14.7 Å². The summed E-state index contributed by atoms with van der Waals surface area (Å²) in [6.45, 7) is 4.12. The fourth-order valence-corrected chi connectivity index (χ4v) is 3.42. The molecule has 0 aliphatic carbocycles. The maximum atomic E-state index is 5.78. The van der Waals surface area contributed by atoms with E-state index >= 15 is 0 Å². The van der Waals surface area contributed by atoms with Gasteiger partial charge >= 0.3 is 0 Å². The van der Waals surface area contributed by atoms with Crippen molar-refractivity contribution in [3.63, 3.8) is 0 Å². The number of aryl methyl sites for hydroxylation is 1. The van der Waals surface area contributed by atoms with Gasteiger partial charge < -0.3 is 19.9 Å². The maximum Gasteiger partial charge on any atom is 0.229 e. The van der Waals surface area contributed by atoms with Crippen molar-refractivity contribution < 1.29 is 4.74 Å². The number of hydrogen-bond donors (Lipinski definition) is 1. The molecule has 1 saturated heterocycles. The van der Waals surface area contributed by atoms with Gasteiger partial charge in [0.2, 0.25) is 5.95 Å². The van der Waals surface area contributed by atoms with E-state index in [1.165, 1.54) is 11.1 Å². The van der Waals surface area contributed by atoms with Crippen molar-refractivity contribution >= 4 is 23.3 Å². The number of nitrogens with one attached hydrogen (secondary N) is 1. The third-order valence-corrected chi connectivity index (χ3v) is 5.05. The van der Waals surface area contributed by atoms with E-state index in [1.807, 2.05) is 31.1 Å². The van der Waals surface area contributed by atoms with E-state index in [-0.39, 0.29) is 6.04 Å². The van der Waals surface area contributed by atoms with Gasteiger partial charge in [0.05, 0.1) is 19.3 Å². The van der Waals surface area contributed by atoms with Gasteiger partial charge in [-0.15, -0.1) is 0 Å². The fourth-order valence-electron chi connectivity index (χ4n) is 3.42. The van der Waals surface area contributed by atoms with E-state index in [2.05, 4.69) is 65.7 Å². The first-order valence-electron chi connectivity index (χ1n) is 9.89. The topological polar surface area (TPSA) is 53.5 Å². The molecule has 1 aliphatic rings. The van der Waals surface area contributed by atoms with Gasteiger partial charge in [-0.25, -0.2) is 0 Å². The molecule has 0 saturated carbocycles. The zero-order chi connectivity index (χ0) is 20.2. The monoisotopic (exact) mass is 389 g/mol. The van der Waals surface area contributed by atoms with E-state index in [9.17, 15) is 0 Å². The summed E-state index contributed by atoms with van der Waals surface area (Å²) in [4.78, 5) is 13.9. The molecule has 6 heteroatoms. The molecule has 1 unspecified atom stereocenters. The Kier molecular flexibility index (Phi) is 5.62. The average Bonchev–Trinajstić information content (AvgIpc) is 2.76. The van der Waals surface area contributed by atoms with Gasteiger partial charge in [-0.1, -0.05) is 48.0 Å². The van der Waals surface area contributed by atoms with Gasteiger partial charge in [0, 0.05) is 32.4 Å². The molecule has 2 heterocycles. The molecule has 0 amide bonds. The van der Waals surface area contributed by atoms with Crippen molar-refractivity contribution in [1.82, 2.24) is 9.97 Å². The molecule has 1 fully saturated rings. The lowest BCUT2D eigenvalue weighted by molar-refractivity contribution is 0.0933. The van der Waals surface area contributed by atoms with Crippen LogP contribution in [0.5, 0.6) is 0 Å². The Bertz CT molecular complexity index is 943.